The van der Waals surface area contributed by atoms with Gasteiger partial charge in [0.15, 0.2) is 11.6 Å². The quantitative estimate of drug-likeness (QED) is 0.786. The van der Waals surface area contributed by atoms with Crippen LogP contribution in [0.1, 0.15) is 58.3 Å². The first-order chi connectivity index (χ1) is 10.2. The number of hydrogen-bond donors (Lipinski definition) is 2. The summed E-state index contributed by atoms with van der Waals surface area (Å²) in [6, 6.07) is 0.499. The van der Waals surface area contributed by atoms with Crippen LogP contribution < -0.4 is 16.0 Å². The fourth-order valence-corrected chi connectivity index (χ4v) is 2.92. The number of aromatic nitrogens is 2. The summed E-state index contributed by atoms with van der Waals surface area (Å²) in [5, 5.41) is 3.54. The fourth-order valence-electron chi connectivity index (χ4n) is 2.92. The number of nitrogens with one attached hydrogen (secondary N) is 1. The van der Waals surface area contributed by atoms with Crippen molar-refractivity contribution in [1.82, 2.24) is 9.97 Å². The van der Waals surface area contributed by atoms with Crippen LogP contribution in [0.25, 0.3) is 0 Å². The van der Waals surface area contributed by atoms with Crippen molar-refractivity contribution in [3.8, 4) is 0 Å². The van der Waals surface area contributed by atoms with Gasteiger partial charge in [0.1, 0.15) is 12.0 Å². The third kappa shape index (κ3) is 4.48. The van der Waals surface area contributed by atoms with Gasteiger partial charge in [-0.3, -0.25) is 0 Å². The summed E-state index contributed by atoms with van der Waals surface area (Å²) in [6.45, 7) is 3.16. The van der Waals surface area contributed by atoms with Crippen LogP contribution in [0.4, 0.5) is 17.3 Å². The van der Waals surface area contributed by atoms with E-state index >= 15 is 0 Å². The first-order valence-electron chi connectivity index (χ1n) is 8.30. The molecule has 3 N–H and O–H groups in total. The molecule has 1 aromatic heterocycles. The molecule has 0 atom stereocenters. The number of rotatable bonds is 6. The number of nitrogens with zero attached hydrogens (tertiary/aromatic N) is 3. The molecule has 0 unspecified atom stereocenters. The topological polar surface area (TPSA) is 67.1 Å². The van der Waals surface area contributed by atoms with Gasteiger partial charge in [-0.2, -0.15) is 0 Å². The Labute approximate surface area is 128 Å². The third-order valence-corrected chi connectivity index (χ3v) is 4.27. The molecule has 0 aromatic carbocycles. The highest BCUT2D eigenvalue weighted by atomic mass is 15.2. The van der Waals surface area contributed by atoms with Gasteiger partial charge in [0, 0.05) is 19.6 Å². The van der Waals surface area contributed by atoms with Gasteiger partial charge in [-0.05, 0) is 19.3 Å². The Morgan fingerprint density at radius 1 is 1.24 bits per heavy atom. The maximum Gasteiger partial charge on any atom is 0.157 e. The monoisotopic (exact) mass is 291 g/mol. The minimum Gasteiger partial charge on any atom is -0.393 e. The Kier molecular flexibility index (Phi) is 6.08. The molecule has 21 heavy (non-hydrogen) atoms. The zero-order valence-electron chi connectivity index (χ0n) is 13.4. The smallest absolute Gasteiger partial charge is 0.157 e. The number of hydrogen-bond acceptors (Lipinski definition) is 5. The summed E-state index contributed by atoms with van der Waals surface area (Å²) in [4.78, 5) is 10.8. The summed E-state index contributed by atoms with van der Waals surface area (Å²) < 4.78 is 0. The molecule has 1 aliphatic rings. The van der Waals surface area contributed by atoms with E-state index in [9.17, 15) is 0 Å². The third-order valence-electron chi connectivity index (χ3n) is 4.27. The molecule has 1 heterocycles. The van der Waals surface area contributed by atoms with Gasteiger partial charge in [0.25, 0.3) is 0 Å². The zero-order valence-corrected chi connectivity index (χ0v) is 13.4. The Balaban J connectivity index is 2.05. The lowest BCUT2D eigenvalue weighted by molar-refractivity contribution is 0.617. The molecular formula is C16H29N5. The minimum atomic E-state index is 0.499. The van der Waals surface area contributed by atoms with Gasteiger partial charge in [-0.15, -0.1) is 0 Å². The van der Waals surface area contributed by atoms with Crippen molar-refractivity contribution >= 4 is 17.3 Å². The van der Waals surface area contributed by atoms with E-state index in [1.54, 1.807) is 6.33 Å². The molecule has 0 radical (unpaired) electrons. The van der Waals surface area contributed by atoms with Crippen LogP contribution in [0.3, 0.4) is 0 Å². The van der Waals surface area contributed by atoms with Crippen molar-refractivity contribution in [1.29, 1.82) is 0 Å². The van der Waals surface area contributed by atoms with Gasteiger partial charge < -0.3 is 16.0 Å². The molecule has 0 amide bonds. The van der Waals surface area contributed by atoms with Crippen LogP contribution in [0.2, 0.25) is 0 Å². The molecule has 1 aliphatic carbocycles. The van der Waals surface area contributed by atoms with Crippen molar-refractivity contribution < 1.29 is 0 Å². The van der Waals surface area contributed by atoms with E-state index in [-0.39, 0.29) is 0 Å². The predicted molar refractivity (Wildman–Crippen MR) is 89.7 cm³/mol. The SMILES string of the molecule is CCCCN(C)c1ncnc(NC2CCCCCC2)c1N. The summed E-state index contributed by atoms with van der Waals surface area (Å²) in [5.74, 6) is 1.64. The first-order valence-corrected chi connectivity index (χ1v) is 8.30. The first kappa shape index (κ1) is 15.9. The van der Waals surface area contributed by atoms with E-state index < -0.39 is 0 Å². The molecule has 1 aromatic rings. The zero-order chi connectivity index (χ0) is 15.1. The molecule has 0 saturated heterocycles. The van der Waals surface area contributed by atoms with Gasteiger partial charge in [0.05, 0.1) is 0 Å². The van der Waals surface area contributed by atoms with Crippen molar-refractivity contribution in [3.05, 3.63) is 6.33 Å². The molecule has 0 spiro atoms. The lowest BCUT2D eigenvalue weighted by Crippen LogP contribution is -2.24. The van der Waals surface area contributed by atoms with Crippen LogP contribution in [0, 0.1) is 0 Å². The average molecular weight is 291 g/mol. The maximum atomic E-state index is 6.28. The van der Waals surface area contributed by atoms with Crippen molar-refractivity contribution in [2.24, 2.45) is 0 Å². The molecule has 0 aliphatic heterocycles. The molecule has 5 heteroatoms. The summed E-state index contributed by atoms with van der Waals surface area (Å²) >= 11 is 0. The van der Waals surface area contributed by atoms with E-state index in [0.29, 0.717) is 11.7 Å². The van der Waals surface area contributed by atoms with Gasteiger partial charge >= 0.3 is 0 Å². The molecule has 1 fully saturated rings. The van der Waals surface area contributed by atoms with E-state index in [2.05, 4.69) is 27.1 Å². The van der Waals surface area contributed by atoms with Crippen molar-refractivity contribution in [2.75, 3.05) is 29.5 Å². The summed E-state index contributed by atoms with van der Waals surface area (Å²) in [6.07, 6.45) is 11.7. The molecule has 118 valence electrons. The van der Waals surface area contributed by atoms with E-state index in [0.717, 1.165) is 24.6 Å². The second-order valence-corrected chi connectivity index (χ2v) is 6.07. The number of unbranched alkanes of at least 4 members (excludes halogenated alkanes) is 1. The number of nitrogens with two attached hydrogens (primary N) is 1. The van der Waals surface area contributed by atoms with E-state index in [1.165, 1.54) is 44.9 Å². The summed E-state index contributed by atoms with van der Waals surface area (Å²) in [5.41, 5.74) is 6.96. The van der Waals surface area contributed by atoms with Gasteiger partial charge in [0.2, 0.25) is 0 Å². The van der Waals surface area contributed by atoms with Crippen LogP contribution >= 0.6 is 0 Å². The van der Waals surface area contributed by atoms with Crippen LogP contribution in [0.5, 0.6) is 0 Å². The predicted octanol–water partition coefficient (Wildman–Crippen LogP) is 3.43. The number of nitrogen functional groups attached to an aromatic ring is 1. The molecule has 5 nitrogen and oxygen atoms in total. The molecule has 0 bridgehead atoms. The normalized spacial score (nSPS) is 16.5. The second kappa shape index (κ2) is 8.05. The Morgan fingerprint density at radius 2 is 1.95 bits per heavy atom. The standard InChI is InChI=1S/C16H29N5/c1-3-4-11-21(2)16-14(17)15(18-12-19-16)20-13-9-7-5-6-8-10-13/h12-13H,3-11,17H2,1-2H3,(H,18,19,20). The average Bonchev–Trinajstić information content (AvgIpc) is 2.75. The highest BCUT2D eigenvalue weighted by Gasteiger charge is 2.16. The largest absolute Gasteiger partial charge is 0.393 e. The van der Waals surface area contributed by atoms with E-state index in [4.69, 9.17) is 5.73 Å². The van der Waals surface area contributed by atoms with Crippen LogP contribution in [-0.2, 0) is 0 Å². The lowest BCUT2D eigenvalue weighted by Gasteiger charge is -2.23. The summed E-state index contributed by atoms with van der Waals surface area (Å²) in [7, 11) is 2.05. The Morgan fingerprint density at radius 3 is 2.62 bits per heavy atom. The lowest BCUT2D eigenvalue weighted by atomic mass is 10.1. The Bertz CT molecular complexity index is 427. The molecular weight excluding hydrogens is 262 g/mol. The Hall–Kier alpha value is -1.52. The van der Waals surface area contributed by atoms with Crippen molar-refractivity contribution in [3.63, 3.8) is 0 Å². The van der Waals surface area contributed by atoms with E-state index in [1.807, 2.05) is 7.05 Å². The van der Waals surface area contributed by atoms with Crippen molar-refractivity contribution in [2.45, 2.75) is 64.3 Å². The number of anilines is 3. The molecule has 1 saturated carbocycles. The van der Waals surface area contributed by atoms with Gasteiger partial charge in [-0.1, -0.05) is 39.0 Å². The maximum absolute atomic E-state index is 6.28. The van der Waals surface area contributed by atoms with Gasteiger partial charge in [-0.25, -0.2) is 9.97 Å². The second-order valence-electron chi connectivity index (χ2n) is 6.07. The fraction of sp³-hybridized carbons (Fsp3) is 0.750. The highest BCUT2D eigenvalue weighted by Crippen LogP contribution is 2.28. The van der Waals surface area contributed by atoms with Crippen LogP contribution in [0.15, 0.2) is 6.33 Å². The van der Waals surface area contributed by atoms with Crippen LogP contribution in [-0.4, -0.2) is 29.6 Å². The molecule has 2 rings (SSSR count). The minimum absolute atomic E-state index is 0.499. The highest BCUT2D eigenvalue weighted by molar-refractivity contribution is 5.74.